The highest BCUT2D eigenvalue weighted by molar-refractivity contribution is 5.35. The van der Waals surface area contributed by atoms with Crippen molar-refractivity contribution in [3.05, 3.63) is 87.1 Å². The number of hydrogen-bond donors (Lipinski definition) is 3. The molecule has 1 aliphatic rings. The number of aliphatic hydroxyl groups excluding tert-OH is 1. The molecular formula is C23H22F6N4O4. The van der Waals surface area contributed by atoms with E-state index in [2.05, 4.69) is 15.2 Å². The van der Waals surface area contributed by atoms with Crippen molar-refractivity contribution in [1.82, 2.24) is 20.1 Å². The van der Waals surface area contributed by atoms with Gasteiger partial charge in [0.1, 0.15) is 11.9 Å². The Hall–Kier alpha value is -3.20. The SMILES string of the molecule is O=c1[nH]nc(CN2CCO[C@H](O[C@H](CO)c3cc(C(F)(F)F)cc(C(F)(F)F)c3)[C@@H]2c2ccccc2)[nH]1. The maximum absolute atomic E-state index is 13.4. The van der Waals surface area contributed by atoms with Gasteiger partial charge in [-0.3, -0.25) is 9.88 Å². The van der Waals surface area contributed by atoms with E-state index in [0.717, 1.165) is 0 Å². The number of rotatable bonds is 7. The van der Waals surface area contributed by atoms with Crippen molar-refractivity contribution < 1.29 is 40.9 Å². The molecule has 3 atom stereocenters. The van der Waals surface area contributed by atoms with E-state index in [-0.39, 0.29) is 19.2 Å². The first kappa shape index (κ1) is 26.9. The summed E-state index contributed by atoms with van der Waals surface area (Å²) >= 11 is 0. The van der Waals surface area contributed by atoms with E-state index >= 15 is 0 Å². The smallest absolute Gasteiger partial charge is 0.393 e. The largest absolute Gasteiger partial charge is 0.416 e. The quantitative estimate of drug-likeness (QED) is 0.401. The number of benzene rings is 2. The average Bonchev–Trinajstić information content (AvgIpc) is 3.26. The van der Waals surface area contributed by atoms with Gasteiger partial charge in [-0.05, 0) is 29.3 Å². The molecule has 0 amide bonds. The number of nitrogens with one attached hydrogen (secondary N) is 2. The zero-order valence-corrected chi connectivity index (χ0v) is 19.0. The third kappa shape index (κ3) is 6.39. The summed E-state index contributed by atoms with van der Waals surface area (Å²) < 4.78 is 91.8. The summed E-state index contributed by atoms with van der Waals surface area (Å²) in [7, 11) is 0. The molecular weight excluding hydrogens is 510 g/mol. The molecule has 2 heterocycles. The summed E-state index contributed by atoms with van der Waals surface area (Å²) in [5.41, 5.74) is -3.39. The molecule has 3 aromatic rings. The lowest BCUT2D eigenvalue weighted by molar-refractivity contribution is -0.238. The summed E-state index contributed by atoms with van der Waals surface area (Å²) in [5.74, 6) is 0.304. The van der Waals surface area contributed by atoms with Gasteiger partial charge in [-0.1, -0.05) is 30.3 Å². The molecule has 0 bridgehead atoms. The van der Waals surface area contributed by atoms with Crippen LogP contribution >= 0.6 is 0 Å². The number of aliphatic hydroxyl groups is 1. The summed E-state index contributed by atoms with van der Waals surface area (Å²) in [4.78, 5) is 15.8. The predicted molar refractivity (Wildman–Crippen MR) is 116 cm³/mol. The Labute approximate surface area is 205 Å². The van der Waals surface area contributed by atoms with E-state index in [4.69, 9.17) is 9.47 Å². The molecule has 0 unspecified atom stereocenters. The van der Waals surface area contributed by atoms with Gasteiger partial charge < -0.3 is 14.6 Å². The van der Waals surface area contributed by atoms with Crippen molar-refractivity contribution in [2.24, 2.45) is 0 Å². The Kier molecular flexibility index (Phi) is 7.73. The Morgan fingerprint density at radius 1 is 1.08 bits per heavy atom. The lowest BCUT2D eigenvalue weighted by Crippen LogP contribution is -2.46. The molecule has 2 aromatic carbocycles. The molecule has 37 heavy (non-hydrogen) atoms. The van der Waals surface area contributed by atoms with Crippen molar-refractivity contribution in [2.75, 3.05) is 19.8 Å². The van der Waals surface area contributed by atoms with Crippen LogP contribution in [0.15, 0.2) is 53.3 Å². The first-order valence-corrected chi connectivity index (χ1v) is 11.1. The van der Waals surface area contributed by atoms with Crippen LogP contribution in [0.3, 0.4) is 0 Å². The number of hydrogen-bond acceptors (Lipinski definition) is 6. The van der Waals surface area contributed by atoms with Crippen molar-refractivity contribution in [1.29, 1.82) is 0 Å². The van der Waals surface area contributed by atoms with Crippen LogP contribution in [0.1, 0.15) is 40.2 Å². The molecule has 1 fully saturated rings. The van der Waals surface area contributed by atoms with Gasteiger partial charge in [0.2, 0.25) is 0 Å². The topological polar surface area (TPSA) is 103 Å². The van der Waals surface area contributed by atoms with Crippen LogP contribution in [0.25, 0.3) is 0 Å². The first-order valence-electron chi connectivity index (χ1n) is 11.1. The molecule has 1 aromatic heterocycles. The van der Waals surface area contributed by atoms with Gasteiger partial charge in [-0.25, -0.2) is 9.89 Å². The number of ether oxygens (including phenoxy) is 2. The summed E-state index contributed by atoms with van der Waals surface area (Å²) in [6.07, 6.45) is -12.9. The molecule has 1 aliphatic heterocycles. The zero-order chi connectivity index (χ0) is 26.8. The highest BCUT2D eigenvalue weighted by atomic mass is 19.4. The molecule has 14 heteroatoms. The number of H-pyrrole nitrogens is 2. The fraction of sp³-hybridized carbons (Fsp3) is 0.391. The van der Waals surface area contributed by atoms with E-state index in [1.165, 1.54) is 0 Å². The summed E-state index contributed by atoms with van der Waals surface area (Å²) in [6.45, 7) is -0.336. The minimum atomic E-state index is -5.05. The van der Waals surface area contributed by atoms with E-state index in [0.29, 0.717) is 30.1 Å². The molecule has 0 aliphatic carbocycles. The highest BCUT2D eigenvalue weighted by Gasteiger charge is 2.40. The molecule has 4 rings (SSSR count). The predicted octanol–water partition coefficient (Wildman–Crippen LogP) is 3.79. The van der Waals surface area contributed by atoms with Gasteiger partial charge in [0.15, 0.2) is 6.29 Å². The fourth-order valence-electron chi connectivity index (χ4n) is 4.12. The Balaban J connectivity index is 1.68. The van der Waals surface area contributed by atoms with E-state index in [9.17, 15) is 36.2 Å². The second-order valence-corrected chi connectivity index (χ2v) is 8.34. The Morgan fingerprint density at radius 2 is 1.73 bits per heavy atom. The van der Waals surface area contributed by atoms with Crippen LogP contribution in [-0.2, 0) is 28.4 Å². The molecule has 0 saturated carbocycles. The number of aromatic amines is 2. The molecule has 8 nitrogen and oxygen atoms in total. The second kappa shape index (κ2) is 10.7. The average molecular weight is 532 g/mol. The van der Waals surface area contributed by atoms with Gasteiger partial charge in [-0.15, -0.1) is 0 Å². The molecule has 1 saturated heterocycles. The Morgan fingerprint density at radius 3 is 2.27 bits per heavy atom. The van der Waals surface area contributed by atoms with Crippen LogP contribution in [0.2, 0.25) is 0 Å². The molecule has 0 spiro atoms. The van der Waals surface area contributed by atoms with Crippen molar-refractivity contribution in [2.45, 2.75) is 37.3 Å². The normalized spacial score (nSPS) is 20.2. The highest BCUT2D eigenvalue weighted by Crippen LogP contribution is 2.39. The Bertz CT molecular complexity index is 1210. The number of nitrogens with zero attached hydrogens (tertiary/aromatic N) is 2. The van der Waals surface area contributed by atoms with Crippen LogP contribution in [0, 0.1) is 0 Å². The third-order valence-corrected chi connectivity index (χ3v) is 5.80. The minimum absolute atomic E-state index is 0.00814. The summed E-state index contributed by atoms with van der Waals surface area (Å²) in [6, 6.07) is 9.07. The van der Waals surface area contributed by atoms with Crippen LogP contribution in [-0.4, -0.2) is 51.2 Å². The number of alkyl halides is 6. The lowest BCUT2D eigenvalue weighted by Gasteiger charge is -2.41. The number of morpholine rings is 1. The lowest BCUT2D eigenvalue weighted by atomic mass is 10.00. The fourth-order valence-corrected chi connectivity index (χ4v) is 4.12. The summed E-state index contributed by atoms with van der Waals surface area (Å²) in [5, 5.41) is 16.1. The van der Waals surface area contributed by atoms with Crippen molar-refractivity contribution in [3.8, 4) is 0 Å². The van der Waals surface area contributed by atoms with Gasteiger partial charge in [0.25, 0.3) is 0 Å². The van der Waals surface area contributed by atoms with Gasteiger partial charge in [-0.2, -0.15) is 31.4 Å². The van der Waals surface area contributed by atoms with E-state index in [1.807, 2.05) is 4.90 Å². The minimum Gasteiger partial charge on any atom is -0.393 e. The molecule has 200 valence electrons. The molecule has 0 radical (unpaired) electrons. The van der Waals surface area contributed by atoms with Crippen LogP contribution in [0.4, 0.5) is 26.3 Å². The second-order valence-electron chi connectivity index (χ2n) is 8.34. The standard InChI is InChI=1S/C23H22F6N4O4/c24-22(25,26)15-8-14(9-16(10-15)23(27,28)29)17(12-34)37-20-19(13-4-2-1-3-5-13)33(6-7-36-20)11-18-30-21(35)32-31-18/h1-5,8-10,17,19-20,34H,6-7,11-12H2,(H2,30,31,32,35)/t17-,19+,20-/m1/s1. The van der Waals surface area contributed by atoms with Gasteiger partial charge in [0, 0.05) is 6.54 Å². The van der Waals surface area contributed by atoms with Crippen molar-refractivity contribution >= 4 is 0 Å². The number of aromatic nitrogens is 3. The first-order chi connectivity index (χ1) is 17.5. The van der Waals surface area contributed by atoms with Crippen LogP contribution < -0.4 is 5.69 Å². The monoisotopic (exact) mass is 532 g/mol. The maximum atomic E-state index is 13.4. The van der Waals surface area contributed by atoms with E-state index < -0.39 is 59.8 Å². The van der Waals surface area contributed by atoms with E-state index in [1.54, 1.807) is 30.3 Å². The zero-order valence-electron chi connectivity index (χ0n) is 19.0. The van der Waals surface area contributed by atoms with Crippen LogP contribution in [0.5, 0.6) is 0 Å². The van der Waals surface area contributed by atoms with Crippen molar-refractivity contribution in [3.63, 3.8) is 0 Å². The number of halogens is 6. The van der Waals surface area contributed by atoms with Gasteiger partial charge in [0.05, 0.1) is 36.9 Å². The third-order valence-electron chi connectivity index (χ3n) is 5.80. The maximum Gasteiger partial charge on any atom is 0.416 e. The molecule has 3 N–H and O–H groups in total. The van der Waals surface area contributed by atoms with Gasteiger partial charge >= 0.3 is 18.0 Å².